The summed E-state index contributed by atoms with van der Waals surface area (Å²) in [5, 5.41) is 8.55. The third kappa shape index (κ3) is 3.75. The van der Waals surface area contributed by atoms with Crippen molar-refractivity contribution in [3.8, 4) is 11.8 Å². The van der Waals surface area contributed by atoms with Gasteiger partial charge in [0.25, 0.3) is 0 Å². The van der Waals surface area contributed by atoms with Crippen LogP contribution in [-0.2, 0) is 4.74 Å². The van der Waals surface area contributed by atoms with Crippen LogP contribution in [0.5, 0.6) is 0 Å². The molecule has 0 aromatic rings. The third-order valence-corrected chi connectivity index (χ3v) is 1.94. The highest BCUT2D eigenvalue weighted by atomic mass is 16.5. The summed E-state index contributed by atoms with van der Waals surface area (Å²) in [6.07, 6.45) is 5.77. The van der Waals surface area contributed by atoms with E-state index >= 15 is 0 Å². The summed E-state index contributed by atoms with van der Waals surface area (Å²) in [5.74, 6) is 6.16. The predicted octanol–water partition coefficient (Wildman–Crippen LogP) is 1.33. The molecule has 0 saturated carbocycles. The Kier molecular flexibility index (Phi) is 4.82. The Morgan fingerprint density at radius 3 is 3.08 bits per heavy atom. The van der Waals surface area contributed by atoms with Crippen molar-refractivity contribution in [2.24, 2.45) is 0 Å². The van der Waals surface area contributed by atoms with Gasteiger partial charge in [0.2, 0.25) is 0 Å². The first kappa shape index (κ1) is 9.57. The van der Waals surface area contributed by atoms with E-state index in [1.54, 1.807) is 0 Å². The first-order chi connectivity index (χ1) is 5.93. The minimum absolute atomic E-state index is 0.0671. The number of aliphatic hydroxyl groups excluding tert-OH is 1. The van der Waals surface area contributed by atoms with Gasteiger partial charge in [-0.3, -0.25) is 0 Å². The molecule has 0 unspecified atom stereocenters. The molecule has 0 heterocycles. The Balaban J connectivity index is 2.28. The lowest BCUT2D eigenvalue weighted by atomic mass is 10.1. The summed E-state index contributed by atoms with van der Waals surface area (Å²) < 4.78 is 5.34. The molecule has 1 rings (SSSR count). The number of rotatable bonds is 3. The van der Waals surface area contributed by atoms with Gasteiger partial charge in [0.05, 0.1) is 13.2 Å². The quantitative estimate of drug-likeness (QED) is 0.644. The van der Waals surface area contributed by atoms with Crippen LogP contribution in [0.2, 0.25) is 0 Å². The van der Waals surface area contributed by atoms with Gasteiger partial charge in [0, 0.05) is 6.42 Å². The van der Waals surface area contributed by atoms with Crippen LogP contribution in [0.15, 0.2) is 0 Å². The number of hydrogen-bond acceptors (Lipinski definition) is 2. The maximum Gasteiger partial charge on any atom is 0.118 e. The number of hydrogen-bond donors (Lipinski definition) is 1. The topological polar surface area (TPSA) is 29.5 Å². The second-order valence-corrected chi connectivity index (χ2v) is 3.00. The molecule has 0 aromatic heterocycles. The Morgan fingerprint density at radius 2 is 2.25 bits per heavy atom. The van der Waals surface area contributed by atoms with Crippen LogP contribution < -0.4 is 0 Å². The highest BCUT2D eigenvalue weighted by Gasteiger charge is 2.05. The molecule has 2 heteroatoms. The Morgan fingerprint density at radius 1 is 1.33 bits per heavy atom. The average Bonchev–Trinajstić information content (AvgIpc) is 2.02. The summed E-state index contributed by atoms with van der Waals surface area (Å²) in [7, 11) is 0. The van der Waals surface area contributed by atoms with Crippen LogP contribution in [0.1, 0.15) is 32.1 Å². The molecule has 0 aliphatic heterocycles. The van der Waals surface area contributed by atoms with E-state index in [4.69, 9.17) is 9.84 Å². The van der Waals surface area contributed by atoms with E-state index in [0.717, 1.165) is 12.8 Å². The van der Waals surface area contributed by atoms with Crippen molar-refractivity contribution in [1.29, 1.82) is 0 Å². The second-order valence-electron chi connectivity index (χ2n) is 3.00. The second kappa shape index (κ2) is 6.05. The lowest BCUT2D eigenvalue weighted by Crippen LogP contribution is -2.14. The molecule has 1 aliphatic carbocycles. The highest BCUT2D eigenvalue weighted by molar-refractivity contribution is 5.05. The molecule has 2 nitrogen and oxygen atoms in total. The zero-order valence-electron chi connectivity index (χ0n) is 7.38. The van der Waals surface area contributed by atoms with Crippen LogP contribution in [0.4, 0.5) is 0 Å². The van der Waals surface area contributed by atoms with Crippen LogP contribution >= 0.6 is 0 Å². The van der Waals surface area contributed by atoms with Crippen LogP contribution in [0, 0.1) is 11.8 Å². The van der Waals surface area contributed by atoms with Crippen LogP contribution in [0.25, 0.3) is 0 Å². The van der Waals surface area contributed by atoms with Crippen molar-refractivity contribution in [2.45, 2.75) is 38.2 Å². The van der Waals surface area contributed by atoms with E-state index in [9.17, 15) is 0 Å². The van der Waals surface area contributed by atoms with E-state index < -0.39 is 0 Å². The van der Waals surface area contributed by atoms with E-state index in [1.807, 2.05) is 0 Å². The maximum absolute atomic E-state index is 8.55. The van der Waals surface area contributed by atoms with Crippen LogP contribution in [-0.4, -0.2) is 24.4 Å². The fraction of sp³-hybridized carbons (Fsp3) is 0.800. The number of aliphatic hydroxyl groups is 1. The predicted molar refractivity (Wildman–Crippen MR) is 47.7 cm³/mol. The van der Waals surface area contributed by atoms with E-state index in [-0.39, 0.29) is 12.7 Å². The van der Waals surface area contributed by atoms with Crippen molar-refractivity contribution in [2.75, 3.05) is 13.2 Å². The summed E-state index contributed by atoms with van der Waals surface area (Å²) in [4.78, 5) is 0. The molecular weight excluding hydrogens is 152 g/mol. The van der Waals surface area contributed by atoms with Gasteiger partial charge in [-0.1, -0.05) is 12.3 Å². The molecule has 0 aromatic carbocycles. The SMILES string of the molecule is OCCO[C@@H]1C#CCCCCC1. The zero-order valence-corrected chi connectivity index (χ0v) is 7.38. The van der Waals surface area contributed by atoms with Gasteiger partial charge in [-0.2, -0.15) is 0 Å². The first-order valence-electron chi connectivity index (χ1n) is 4.64. The molecule has 0 spiro atoms. The van der Waals surface area contributed by atoms with Crippen molar-refractivity contribution in [3.05, 3.63) is 0 Å². The summed E-state index contributed by atoms with van der Waals surface area (Å²) in [6, 6.07) is 0. The summed E-state index contributed by atoms with van der Waals surface area (Å²) >= 11 is 0. The standard InChI is InChI=1S/C10H16O2/c11-8-9-12-10-6-4-2-1-3-5-7-10/h10-11H,1-4,6,8-9H2/t10-/m0/s1. The zero-order chi connectivity index (χ0) is 8.65. The Labute approximate surface area is 73.9 Å². The molecule has 1 atom stereocenters. The summed E-state index contributed by atoms with van der Waals surface area (Å²) in [6.45, 7) is 0.511. The van der Waals surface area contributed by atoms with Gasteiger partial charge in [0.15, 0.2) is 0 Å². The van der Waals surface area contributed by atoms with E-state index in [0.29, 0.717) is 6.61 Å². The lowest BCUT2D eigenvalue weighted by Gasteiger charge is -2.12. The fourth-order valence-electron chi connectivity index (χ4n) is 1.30. The van der Waals surface area contributed by atoms with Gasteiger partial charge >= 0.3 is 0 Å². The molecule has 0 fully saturated rings. The minimum atomic E-state index is 0.0671. The molecule has 1 N–H and O–H groups in total. The van der Waals surface area contributed by atoms with Crippen molar-refractivity contribution in [3.63, 3.8) is 0 Å². The molecule has 0 amide bonds. The molecule has 0 bridgehead atoms. The van der Waals surface area contributed by atoms with Crippen molar-refractivity contribution in [1.82, 2.24) is 0 Å². The molecule has 1 aliphatic rings. The van der Waals surface area contributed by atoms with E-state index in [1.165, 1.54) is 19.3 Å². The normalized spacial score (nSPS) is 23.6. The van der Waals surface area contributed by atoms with E-state index in [2.05, 4.69) is 11.8 Å². The van der Waals surface area contributed by atoms with Crippen LogP contribution in [0.3, 0.4) is 0 Å². The monoisotopic (exact) mass is 168 g/mol. The largest absolute Gasteiger partial charge is 0.394 e. The molecule has 0 radical (unpaired) electrons. The van der Waals surface area contributed by atoms with Gasteiger partial charge in [-0.15, -0.1) is 5.92 Å². The van der Waals surface area contributed by atoms with Gasteiger partial charge in [-0.25, -0.2) is 0 Å². The lowest BCUT2D eigenvalue weighted by molar-refractivity contribution is 0.0536. The smallest absolute Gasteiger partial charge is 0.118 e. The number of ether oxygens (including phenoxy) is 1. The molecule has 0 saturated heterocycles. The van der Waals surface area contributed by atoms with Crippen molar-refractivity contribution >= 4 is 0 Å². The minimum Gasteiger partial charge on any atom is -0.394 e. The first-order valence-corrected chi connectivity index (χ1v) is 4.64. The Bertz CT molecular complexity index is 166. The molecule has 68 valence electrons. The third-order valence-electron chi connectivity index (χ3n) is 1.94. The van der Waals surface area contributed by atoms with Crippen molar-refractivity contribution < 1.29 is 9.84 Å². The van der Waals surface area contributed by atoms with Gasteiger partial charge < -0.3 is 9.84 Å². The molecule has 12 heavy (non-hydrogen) atoms. The average molecular weight is 168 g/mol. The molecular formula is C10H16O2. The van der Waals surface area contributed by atoms with Gasteiger partial charge in [-0.05, 0) is 19.3 Å². The maximum atomic E-state index is 8.55. The Hall–Kier alpha value is -0.520. The van der Waals surface area contributed by atoms with Gasteiger partial charge in [0.1, 0.15) is 6.10 Å². The highest BCUT2D eigenvalue weighted by Crippen LogP contribution is 2.10. The fourth-order valence-corrected chi connectivity index (χ4v) is 1.30. The summed E-state index contributed by atoms with van der Waals surface area (Å²) in [5.41, 5.74) is 0.